The molecule has 0 aliphatic carbocycles. The van der Waals surface area contributed by atoms with Crippen molar-refractivity contribution in [2.45, 2.75) is 26.3 Å². The molecule has 6 nitrogen and oxygen atoms in total. The Hall–Kier alpha value is -1.40. The number of hydrogen-bond acceptors (Lipinski definition) is 5. The van der Waals surface area contributed by atoms with Crippen molar-refractivity contribution in [3.8, 4) is 0 Å². The van der Waals surface area contributed by atoms with Gasteiger partial charge in [-0.15, -0.1) is 0 Å². The third-order valence-electron chi connectivity index (χ3n) is 3.38. The predicted molar refractivity (Wildman–Crippen MR) is 71.3 cm³/mol. The zero-order valence-corrected chi connectivity index (χ0v) is 11.4. The second-order valence-electron chi connectivity index (χ2n) is 5.08. The van der Waals surface area contributed by atoms with Crippen molar-refractivity contribution < 1.29 is 9.32 Å². The molecule has 19 heavy (non-hydrogen) atoms. The highest BCUT2D eigenvalue weighted by Crippen LogP contribution is 2.18. The topological polar surface area (TPSA) is 84.4 Å². The van der Waals surface area contributed by atoms with Crippen molar-refractivity contribution >= 4 is 5.91 Å². The molecule has 106 valence electrons. The molecule has 1 aromatic rings. The molecule has 3 N–H and O–H groups in total. The van der Waals surface area contributed by atoms with E-state index in [0.29, 0.717) is 13.1 Å². The number of nitrogens with two attached hydrogens (primary N) is 1. The van der Waals surface area contributed by atoms with Gasteiger partial charge in [-0.05, 0) is 26.3 Å². The van der Waals surface area contributed by atoms with Gasteiger partial charge in [-0.2, -0.15) is 0 Å². The van der Waals surface area contributed by atoms with E-state index in [-0.39, 0.29) is 11.8 Å². The predicted octanol–water partition coefficient (Wildman–Crippen LogP) is 0.270. The standard InChI is InChI=1S/C13H22N4O2/c1-10-7-12(16-19-10)9-17-6-2-3-11(8-17)13(18)15-5-4-14/h7,11H,2-6,8-9,14H2,1H3,(H,15,18). The van der Waals surface area contributed by atoms with Crippen LogP contribution in [0.25, 0.3) is 0 Å². The lowest BCUT2D eigenvalue weighted by Crippen LogP contribution is -2.43. The number of aromatic nitrogens is 1. The van der Waals surface area contributed by atoms with E-state index in [1.54, 1.807) is 0 Å². The van der Waals surface area contributed by atoms with E-state index in [1.807, 2.05) is 13.0 Å². The number of rotatable bonds is 5. The van der Waals surface area contributed by atoms with Crippen molar-refractivity contribution in [3.63, 3.8) is 0 Å². The Kier molecular flexibility index (Phi) is 4.93. The van der Waals surface area contributed by atoms with Crippen molar-refractivity contribution in [3.05, 3.63) is 17.5 Å². The van der Waals surface area contributed by atoms with Crippen LogP contribution in [0.3, 0.4) is 0 Å². The summed E-state index contributed by atoms with van der Waals surface area (Å²) >= 11 is 0. The number of carbonyl (C=O) groups excluding carboxylic acids is 1. The number of nitrogens with one attached hydrogen (secondary N) is 1. The van der Waals surface area contributed by atoms with E-state index in [4.69, 9.17) is 10.3 Å². The summed E-state index contributed by atoms with van der Waals surface area (Å²) in [4.78, 5) is 14.2. The Labute approximate surface area is 113 Å². The van der Waals surface area contributed by atoms with Gasteiger partial charge < -0.3 is 15.6 Å². The Morgan fingerprint density at radius 2 is 2.53 bits per heavy atom. The minimum Gasteiger partial charge on any atom is -0.361 e. The number of nitrogens with zero attached hydrogens (tertiary/aromatic N) is 2. The zero-order chi connectivity index (χ0) is 13.7. The van der Waals surface area contributed by atoms with Crippen LogP contribution in [0, 0.1) is 12.8 Å². The summed E-state index contributed by atoms with van der Waals surface area (Å²) in [5.74, 6) is 1.00. The third-order valence-corrected chi connectivity index (χ3v) is 3.38. The lowest BCUT2D eigenvalue weighted by molar-refractivity contribution is -0.126. The van der Waals surface area contributed by atoms with Gasteiger partial charge in [0.1, 0.15) is 5.76 Å². The summed E-state index contributed by atoms with van der Waals surface area (Å²) in [6, 6.07) is 1.94. The Morgan fingerprint density at radius 1 is 1.68 bits per heavy atom. The lowest BCUT2D eigenvalue weighted by atomic mass is 9.97. The van der Waals surface area contributed by atoms with Gasteiger partial charge in [0.25, 0.3) is 0 Å². The molecule has 0 saturated carbocycles. The molecule has 1 aliphatic rings. The van der Waals surface area contributed by atoms with Crippen molar-refractivity contribution in [2.75, 3.05) is 26.2 Å². The van der Waals surface area contributed by atoms with Crippen LogP contribution in [0.1, 0.15) is 24.3 Å². The van der Waals surface area contributed by atoms with Gasteiger partial charge in [-0.1, -0.05) is 5.16 Å². The first kappa shape index (κ1) is 14.0. The van der Waals surface area contributed by atoms with E-state index >= 15 is 0 Å². The maximum absolute atomic E-state index is 11.9. The summed E-state index contributed by atoms with van der Waals surface area (Å²) in [6.07, 6.45) is 1.99. The molecule has 1 saturated heterocycles. The number of carbonyl (C=O) groups is 1. The minimum atomic E-state index is 0.0632. The second kappa shape index (κ2) is 6.68. The maximum atomic E-state index is 11.9. The summed E-state index contributed by atoms with van der Waals surface area (Å²) in [7, 11) is 0. The first-order valence-corrected chi connectivity index (χ1v) is 6.81. The number of aryl methyl sites for hydroxylation is 1. The van der Waals surface area contributed by atoms with Crippen LogP contribution in [0.2, 0.25) is 0 Å². The van der Waals surface area contributed by atoms with E-state index in [2.05, 4.69) is 15.4 Å². The van der Waals surface area contributed by atoms with Gasteiger partial charge >= 0.3 is 0 Å². The summed E-state index contributed by atoms with van der Waals surface area (Å²) in [5, 5.41) is 6.86. The molecule has 1 atom stereocenters. The first-order valence-electron chi connectivity index (χ1n) is 6.81. The molecule has 1 amide bonds. The molecule has 1 unspecified atom stereocenters. The lowest BCUT2D eigenvalue weighted by Gasteiger charge is -2.31. The normalized spacial score (nSPS) is 20.4. The Bertz CT molecular complexity index is 419. The fraction of sp³-hybridized carbons (Fsp3) is 0.692. The molecule has 2 rings (SSSR count). The van der Waals surface area contributed by atoms with Gasteiger partial charge in [0.2, 0.25) is 5.91 Å². The van der Waals surface area contributed by atoms with Gasteiger partial charge in [0.05, 0.1) is 11.6 Å². The monoisotopic (exact) mass is 266 g/mol. The molecular formula is C13H22N4O2. The molecular weight excluding hydrogens is 244 g/mol. The van der Waals surface area contributed by atoms with Crippen molar-refractivity contribution in [1.29, 1.82) is 0 Å². The van der Waals surface area contributed by atoms with Gasteiger partial charge in [-0.3, -0.25) is 9.69 Å². The van der Waals surface area contributed by atoms with Crippen LogP contribution < -0.4 is 11.1 Å². The van der Waals surface area contributed by atoms with Crippen LogP contribution in [0.4, 0.5) is 0 Å². The number of likely N-dealkylation sites (tertiary alicyclic amines) is 1. The highest BCUT2D eigenvalue weighted by atomic mass is 16.5. The molecule has 1 aliphatic heterocycles. The van der Waals surface area contributed by atoms with Crippen LogP contribution in [0.5, 0.6) is 0 Å². The van der Waals surface area contributed by atoms with E-state index < -0.39 is 0 Å². The number of hydrogen-bond donors (Lipinski definition) is 2. The Balaban J connectivity index is 1.84. The molecule has 0 aromatic carbocycles. The molecule has 1 aromatic heterocycles. The number of amides is 1. The average molecular weight is 266 g/mol. The maximum Gasteiger partial charge on any atom is 0.224 e. The Morgan fingerprint density at radius 3 is 3.21 bits per heavy atom. The van der Waals surface area contributed by atoms with E-state index in [0.717, 1.165) is 43.9 Å². The van der Waals surface area contributed by atoms with Crippen molar-refractivity contribution in [2.24, 2.45) is 11.7 Å². The van der Waals surface area contributed by atoms with Crippen LogP contribution in [-0.4, -0.2) is 42.1 Å². The third kappa shape index (κ3) is 4.04. The minimum absolute atomic E-state index is 0.0632. The van der Waals surface area contributed by atoms with Gasteiger partial charge in [0.15, 0.2) is 0 Å². The SMILES string of the molecule is Cc1cc(CN2CCCC(C(=O)NCCN)C2)no1. The fourth-order valence-corrected chi connectivity index (χ4v) is 2.47. The van der Waals surface area contributed by atoms with Crippen LogP contribution >= 0.6 is 0 Å². The average Bonchev–Trinajstić information content (AvgIpc) is 2.81. The molecule has 2 heterocycles. The van der Waals surface area contributed by atoms with Crippen LogP contribution in [-0.2, 0) is 11.3 Å². The molecule has 0 spiro atoms. The summed E-state index contributed by atoms with van der Waals surface area (Å²) in [5.41, 5.74) is 6.33. The molecule has 0 radical (unpaired) electrons. The van der Waals surface area contributed by atoms with Crippen molar-refractivity contribution in [1.82, 2.24) is 15.4 Å². The molecule has 6 heteroatoms. The van der Waals surface area contributed by atoms with Crippen LogP contribution in [0.15, 0.2) is 10.6 Å². The fourth-order valence-electron chi connectivity index (χ4n) is 2.47. The smallest absolute Gasteiger partial charge is 0.224 e. The van der Waals surface area contributed by atoms with E-state index in [9.17, 15) is 4.79 Å². The number of piperidine rings is 1. The highest BCUT2D eigenvalue weighted by molar-refractivity contribution is 5.78. The van der Waals surface area contributed by atoms with Gasteiger partial charge in [0, 0.05) is 32.2 Å². The first-order chi connectivity index (χ1) is 9.19. The summed E-state index contributed by atoms with van der Waals surface area (Å²) < 4.78 is 5.06. The molecule has 1 fully saturated rings. The summed E-state index contributed by atoms with van der Waals surface area (Å²) in [6.45, 7) is 5.46. The largest absolute Gasteiger partial charge is 0.361 e. The van der Waals surface area contributed by atoms with E-state index in [1.165, 1.54) is 0 Å². The second-order valence-corrected chi connectivity index (χ2v) is 5.08. The molecule has 0 bridgehead atoms. The quantitative estimate of drug-likeness (QED) is 0.799. The van der Waals surface area contributed by atoms with Gasteiger partial charge in [-0.25, -0.2) is 0 Å². The zero-order valence-electron chi connectivity index (χ0n) is 11.4. The highest BCUT2D eigenvalue weighted by Gasteiger charge is 2.25.